The molecule has 2 unspecified atom stereocenters. The molecule has 1 aliphatic heterocycles. The summed E-state index contributed by atoms with van der Waals surface area (Å²) < 4.78 is 12.9. The Kier molecular flexibility index (Phi) is 4.65. The van der Waals surface area contributed by atoms with Crippen molar-refractivity contribution in [3.05, 3.63) is 29.8 Å². The molecule has 2 heterocycles. The number of aromatic nitrogens is 1. The first-order valence-electron chi connectivity index (χ1n) is 5.22. The van der Waals surface area contributed by atoms with Gasteiger partial charge in [-0.2, -0.15) is 0 Å². The van der Waals surface area contributed by atoms with Gasteiger partial charge in [0.2, 0.25) is 0 Å². The van der Waals surface area contributed by atoms with E-state index in [0.717, 1.165) is 25.2 Å². The Morgan fingerprint density at radius 2 is 2.25 bits per heavy atom. The lowest BCUT2D eigenvalue weighted by molar-refractivity contribution is 0.318. The molecule has 1 aromatic heterocycles. The van der Waals surface area contributed by atoms with Crippen LogP contribution in [0.15, 0.2) is 18.5 Å². The van der Waals surface area contributed by atoms with Crippen molar-refractivity contribution in [2.24, 2.45) is 11.7 Å². The molecule has 2 atom stereocenters. The number of rotatable bonds is 2. The van der Waals surface area contributed by atoms with Gasteiger partial charge >= 0.3 is 0 Å². The van der Waals surface area contributed by atoms with Crippen molar-refractivity contribution in [1.82, 2.24) is 9.88 Å². The second kappa shape index (κ2) is 5.57. The van der Waals surface area contributed by atoms with Crippen LogP contribution >= 0.6 is 12.4 Å². The number of hydrogen-bond donors (Lipinski definition) is 1. The van der Waals surface area contributed by atoms with E-state index in [0.29, 0.717) is 5.92 Å². The first-order chi connectivity index (χ1) is 7.15. The summed E-state index contributed by atoms with van der Waals surface area (Å²) in [4.78, 5) is 6.07. The van der Waals surface area contributed by atoms with Crippen LogP contribution in [-0.2, 0) is 6.54 Å². The van der Waals surface area contributed by atoms with Crippen molar-refractivity contribution in [2.45, 2.75) is 19.5 Å². The average molecular weight is 246 g/mol. The van der Waals surface area contributed by atoms with Gasteiger partial charge in [0, 0.05) is 31.9 Å². The Morgan fingerprint density at radius 1 is 1.50 bits per heavy atom. The lowest BCUT2D eigenvalue weighted by Crippen LogP contribution is -2.28. The maximum absolute atomic E-state index is 12.9. The van der Waals surface area contributed by atoms with E-state index >= 15 is 0 Å². The molecule has 1 aromatic rings. The van der Waals surface area contributed by atoms with Crippen LogP contribution in [0.25, 0.3) is 0 Å². The first kappa shape index (κ1) is 13.4. The highest BCUT2D eigenvalue weighted by atomic mass is 35.5. The average Bonchev–Trinajstić information content (AvgIpc) is 2.45. The highest BCUT2D eigenvalue weighted by Gasteiger charge is 2.26. The van der Waals surface area contributed by atoms with Crippen molar-refractivity contribution < 1.29 is 4.39 Å². The minimum atomic E-state index is -0.274. The molecule has 5 heteroatoms. The maximum atomic E-state index is 12.9. The molecule has 2 N–H and O–H groups in total. The number of halogens is 2. The van der Waals surface area contributed by atoms with E-state index in [1.165, 1.54) is 12.3 Å². The molecule has 0 spiro atoms. The molecule has 0 bridgehead atoms. The Bertz CT molecular complexity index is 338. The molecule has 1 aliphatic rings. The minimum Gasteiger partial charge on any atom is -0.326 e. The number of pyridine rings is 1. The van der Waals surface area contributed by atoms with Crippen LogP contribution in [0.2, 0.25) is 0 Å². The smallest absolute Gasteiger partial charge is 0.141 e. The van der Waals surface area contributed by atoms with Crippen LogP contribution < -0.4 is 5.73 Å². The molecule has 1 fully saturated rings. The van der Waals surface area contributed by atoms with Gasteiger partial charge < -0.3 is 5.73 Å². The maximum Gasteiger partial charge on any atom is 0.141 e. The van der Waals surface area contributed by atoms with Crippen LogP contribution in [0.3, 0.4) is 0 Å². The second-order valence-electron chi connectivity index (χ2n) is 4.35. The van der Waals surface area contributed by atoms with Crippen molar-refractivity contribution >= 4 is 12.4 Å². The van der Waals surface area contributed by atoms with Gasteiger partial charge in [0.15, 0.2) is 0 Å². The molecule has 0 saturated carbocycles. The molecule has 0 radical (unpaired) electrons. The predicted octanol–water partition coefficient (Wildman–Crippen LogP) is 1.42. The van der Waals surface area contributed by atoms with Gasteiger partial charge in [0.05, 0.1) is 6.20 Å². The van der Waals surface area contributed by atoms with E-state index in [9.17, 15) is 4.39 Å². The zero-order chi connectivity index (χ0) is 10.8. The third-order valence-corrected chi connectivity index (χ3v) is 2.91. The summed E-state index contributed by atoms with van der Waals surface area (Å²) in [6.07, 6.45) is 2.93. The number of nitrogens with two attached hydrogens (primary N) is 1. The number of likely N-dealkylation sites (tertiary alicyclic amines) is 1. The van der Waals surface area contributed by atoms with E-state index < -0.39 is 0 Å². The molecule has 16 heavy (non-hydrogen) atoms. The van der Waals surface area contributed by atoms with E-state index in [-0.39, 0.29) is 24.3 Å². The van der Waals surface area contributed by atoms with Gasteiger partial charge in [0.1, 0.15) is 5.82 Å². The van der Waals surface area contributed by atoms with Crippen LogP contribution in [0.1, 0.15) is 12.5 Å². The van der Waals surface area contributed by atoms with Gasteiger partial charge in [-0.05, 0) is 17.5 Å². The number of hydrogen-bond acceptors (Lipinski definition) is 3. The largest absolute Gasteiger partial charge is 0.326 e. The Balaban J connectivity index is 0.00000128. The first-order valence-corrected chi connectivity index (χ1v) is 5.22. The van der Waals surface area contributed by atoms with Gasteiger partial charge in [-0.3, -0.25) is 9.88 Å². The zero-order valence-corrected chi connectivity index (χ0v) is 10.1. The standard InChI is InChI=1S/C11H16FN3.ClH/c1-8-5-15(7-11(8)13)6-9-2-10(12)4-14-3-9;/h2-4,8,11H,5-7,13H2,1H3;1H. The summed E-state index contributed by atoms with van der Waals surface area (Å²) in [6, 6.07) is 1.77. The molecular weight excluding hydrogens is 229 g/mol. The summed E-state index contributed by atoms with van der Waals surface area (Å²) in [5.41, 5.74) is 6.83. The highest BCUT2D eigenvalue weighted by Crippen LogP contribution is 2.17. The van der Waals surface area contributed by atoms with Gasteiger partial charge in [0.25, 0.3) is 0 Å². The van der Waals surface area contributed by atoms with Crippen molar-refractivity contribution in [3.8, 4) is 0 Å². The van der Waals surface area contributed by atoms with E-state index in [1.807, 2.05) is 0 Å². The minimum absolute atomic E-state index is 0. The summed E-state index contributed by atoms with van der Waals surface area (Å²) in [7, 11) is 0. The normalized spacial score (nSPS) is 25.4. The molecular formula is C11H17ClFN3. The van der Waals surface area contributed by atoms with Crippen molar-refractivity contribution in [1.29, 1.82) is 0 Å². The Labute approximate surface area is 101 Å². The monoisotopic (exact) mass is 245 g/mol. The summed E-state index contributed by atoms with van der Waals surface area (Å²) >= 11 is 0. The molecule has 1 saturated heterocycles. The van der Waals surface area contributed by atoms with E-state index in [2.05, 4.69) is 16.8 Å². The lowest BCUT2D eigenvalue weighted by atomic mass is 10.1. The predicted molar refractivity (Wildman–Crippen MR) is 63.9 cm³/mol. The fraction of sp³-hybridized carbons (Fsp3) is 0.545. The summed E-state index contributed by atoms with van der Waals surface area (Å²) in [5, 5.41) is 0. The van der Waals surface area contributed by atoms with Crippen LogP contribution in [-0.4, -0.2) is 29.0 Å². The third kappa shape index (κ3) is 3.14. The Morgan fingerprint density at radius 3 is 2.81 bits per heavy atom. The van der Waals surface area contributed by atoms with E-state index in [4.69, 9.17) is 5.73 Å². The molecule has 0 aliphatic carbocycles. The van der Waals surface area contributed by atoms with Crippen molar-refractivity contribution in [2.75, 3.05) is 13.1 Å². The zero-order valence-electron chi connectivity index (χ0n) is 9.27. The third-order valence-electron chi connectivity index (χ3n) is 2.91. The quantitative estimate of drug-likeness (QED) is 0.857. The summed E-state index contributed by atoms with van der Waals surface area (Å²) in [5.74, 6) is 0.246. The fourth-order valence-electron chi connectivity index (χ4n) is 2.02. The number of nitrogens with zero attached hydrogens (tertiary/aromatic N) is 2. The van der Waals surface area contributed by atoms with Crippen LogP contribution in [0.5, 0.6) is 0 Å². The molecule has 3 nitrogen and oxygen atoms in total. The van der Waals surface area contributed by atoms with Crippen LogP contribution in [0.4, 0.5) is 4.39 Å². The van der Waals surface area contributed by atoms with Gasteiger partial charge in [-0.1, -0.05) is 6.92 Å². The molecule has 0 aromatic carbocycles. The van der Waals surface area contributed by atoms with Crippen LogP contribution in [0, 0.1) is 11.7 Å². The van der Waals surface area contributed by atoms with Gasteiger partial charge in [-0.15, -0.1) is 12.4 Å². The molecule has 90 valence electrons. The lowest BCUT2D eigenvalue weighted by Gasteiger charge is -2.14. The topological polar surface area (TPSA) is 42.2 Å². The highest BCUT2D eigenvalue weighted by molar-refractivity contribution is 5.85. The second-order valence-corrected chi connectivity index (χ2v) is 4.35. The SMILES string of the molecule is CC1CN(Cc2cncc(F)c2)CC1N.Cl. The molecule has 0 amide bonds. The Hall–Kier alpha value is -0.710. The van der Waals surface area contributed by atoms with Crippen molar-refractivity contribution in [3.63, 3.8) is 0 Å². The van der Waals surface area contributed by atoms with Gasteiger partial charge in [-0.25, -0.2) is 4.39 Å². The van der Waals surface area contributed by atoms with E-state index in [1.54, 1.807) is 6.20 Å². The fourth-order valence-corrected chi connectivity index (χ4v) is 2.02. The molecule has 2 rings (SSSR count). The summed E-state index contributed by atoms with van der Waals surface area (Å²) in [6.45, 7) is 4.76.